The van der Waals surface area contributed by atoms with Crippen LogP contribution in [0.2, 0.25) is 0 Å². The van der Waals surface area contributed by atoms with E-state index < -0.39 is 89.8 Å². The lowest BCUT2D eigenvalue weighted by Crippen LogP contribution is -2.36. The number of anilines is 1. The molecular formula is C50H79N3O16P2. The molecule has 1 aromatic rings. The van der Waals surface area contributed by atoms with Crippen LogP contribution in [-0.2, 0) is 46.3 Å². The predicted octanol–water partition coefficient (Wildman–Crippen LogP) is 8.86. The number of allylic oxidation sites excluding steroid dienone is 12. The molecule has 0 radical (unpaired) electrons. The summed E-state index contributed by atoms with van der Waals surface area (Å²) in [7, 11) is -10.9. The molecule has 0 aromatic carbocycles. The number of ether oxygens (including phenoxy) is 3. The van der Waals surface area contributed by atoms with E-state index in [2.05, 4.69) is 59.6 Å². The second kappa shape index (κ2) is 37.6. The average molecular weight is 1040 g/mol. The maximum Gasteiger partial charge on any atom is 0.481 e. The Morgan fingerprint density at radius 1 is 0.746 bits per heavy atom. The molecule has 0 saturated carbocycles. The SMILES string of the molecule is CCCCC/C=C\C/C=C\C/C=C\CCCCC(=O)OC[C@H](COP(=O)(O)OP(=O)(O)OC[C@H]1O[C@@H](n2ccc(N)nc2=O)[C@H](O)[C@@H]1O)OC(=O)CCC/C=C\C/C=C\C=C\[C@@H](O)C/C=C\CCCCC. The number of nitrogens with two attached hydrogens (primary N) is 1. The summed E-state index contributed by atoms with van der Waals surface area (Å²) in [6.45, 7) is 1.91. The van der Waals surface area contributed by atoms with Crippen LogP contribution in [0.1, 0.15) is 142 Å². The van der Waals surface area contributed by atoms with Gasteiger partial charge in [-0.1, -0.05) is 125 Å². The molecule has 8 atom stereocenters. The minimum Gasteiger partial charge on any atom is -0.462 e. The number of carbonyl (C=O) groups is 2. The Kier molecular flexibility index (Phi) is 33.4. The number of phosphoric ester groups is 2. The number of hydrogen-bond donors (Lipinski definition) is 6. The van der Waals surface area contributed by atoms with Crippen LogP contribution < -0.4 is 11.4 Å². The highest BCUT2D eigenvalue weighted by atomic mass is 31.3. The lowest BCUT2D eigenvalue weighted by Gasteiger charge is -2.21. The van der Waals surface area contributed by atoms with E-state index in [-0.39, 0.29) is 18.7 Å². The quantitative estimate of drug-likeness (QED) is 0.0118. The zero-order valence-corrected chi connectivity index (χ0v) is 43.1. The van der Waals surface area contributed by atoms with Crippen LogP contribution in [-0.4, -0.2) is 96.9 Å². The van der Waals surface area contributed by atoms with Crippen molar-refractivity contribution in [3.05, 3.63) is 108 Å². The van der Waals surface area contributed by atoms with E-state index in [9.17, 15) is 48.6 Å². The number of rotatable bonds is 39. The summed E-state index contributed by atoms with van der Waals surface area (Å²) in [5, 5.41) is 31.0. The summed E-state index contributed by atoms with van der Waals surface area (Å²) in [5.74, 6) is -1.46. The van der Waals surface area contributed by atoms with Crippen molar-refractivity contribution < 1.29 is 71.4 Å². The van der Waals surface area contributed by atoms with Crippen LogP contribution in [0, 0.1) is 0 Å². The minimum absolute atomic E-state index is 0.0495. The van der Waals surface area contributed by atoms with Crippen molar-refractivity contribution >= 4 is 33.4 Å². The fraction of sp³-hybridized carbons (Fsp3) is 0.600. The van der Waals surface area contributed by atoms with Gasteiger partial charge in [-0.05, 0) is 89.5 Å². The van der Waals surface area contributed by atoms with Gasteiger partial charge in [0.2, 0.25) is 0 Å². The molecule has 0 aliphatic carbocycles. The Hall–Kier alpha value is -4.10. The molecule has 2 unspecified atom stereocenters. The molecule has 400 valence electrons. The molecule has 2 rings (SSSR count). The highest BCUT2D eigenvalue weighted by Crippen LogP contribution is 2.60. The summed E-state index contributed by atoms with van der Waals surface area (Å²) in [4.78, 5) is 61.8. The van der Waals surface area contributed by atoms with Gasteiger partial charge in [0, 0.05) is 19.0 Å². The van der Waals surface area contributed by atoms with E-state index in [4.69, 9.17) is 29.0 Å². The van der Waals surface area contributed by atoms with Crippen molar-refractivity contribution in [2.75, 3.05) is 25.6 Å². The average Bonchev–Trinajstić information content (AvgIpc) is 3.60. The number of nitrogens with zero attached hydrogens (tertiary/aromatic N) is 2. The number of aliphatic hydroxyl groups is 3. The molecule has 7 N–H and O–H groups in total. The fourth-order valence-corrected chi connectivity index (χ4v) is 8.74. The van der Waals surface area contributed by atoms with Crippen molar-refractivity contribution in [3.63, 3.8) is 0 Å². The highest BCUT2D eigenvalue weighted by Gasteiger charge is 2.46. The number of carbonyl (C=O) groups excluding carboxylic acids is 2. The van der Waals surface area contributed by atoms with Crippen LogP contribution in [0.3, 0.4) is 0 Å². The van der Waals surface area contributed by atoms with Crippen LogP contribution in [0.5, 0.6) is 0 Å². The standard InChI is InChI=1S/C50H79N3O16P2/c1-3-5-7-9-11-12-13-14-15-16-17-18-22-26-30-34-45(55)64-38-42(67-46(56)35-31-27-23-20-19-21-25-29-33-41(54)32-28-24-10-8-6-4-2)39-65-70(60,61)69-71(62,63)66-40-43-47(57)48(58)49(68-43)53-37-36-44(51)52-50(53)59/h11-12,14-15,17-18,20-21,23-25,28-29,33,36-37,41-43,47-49,54,57-58H,3-10,13,16,19,22,26-27,30-32,34-35,38-40H2,1-2H3,(H,60,61)(H,62,63)(H2,51,52,59)/b12-11-,15-14-,18-17-,23-20-,25-21-,28-24-,33-29+/t41-,42+,43+,47+,48+,49+/m0/s1. The topological polar surface area (TPSA) is 286 Å². The van der Waals surface area contributed by atoms with E-state index in [1.165, 1.54) is 38.2 Å². The van der Waals surface area contributed by atoms with Crippen LogP contribution in [0.4, 0.5) is 5.82 Å². The summed E-state index contributed by atoms with van der Waals surface area (Å²) < 4.78 is 56.6. The molecule has 21 heteroatoms. The molecule has 0 spiro atoms. The number of aromatic nitrogens is 2. The molecule has 0 bridgehead atoms. The third-order valence-corrected chi connectivity index (χ3v) is 13.1. The van der Waals surface area contributed by atoms with Gasteiger partial charge in [-0.25, -0.2) is 13.9 Å². The maximum atomic E-state index is 12.8. The smallest absolute Gasteiger partial charge is 0.462 e. The molecule has 1 saturated heterocycles. The Labute approximate surface area is 419 Å². The van der Waals surface area contributed by atoms with E-state index >= 15 is 0 Å². The number of unbranched alkanes of at least 4 members (excludes halogenated alkanes) is 9. The van der Waals surface area contributed by atoms with Gasteiger partial charge in [0.1, 0.15) is 30.7 Å². The van der Waals surface area contributed by atoms with Gasteiger partial charge in [0.15, 0.2) is 12.3 Å². The first-order chi connectivity index (χ1) is 34.1. The molecule has 1 aliphatic heterocycles. The molecule has 2 heterocycles. The van der Waals surface area contributed by atoms with E-state index in [0.717, 1.165) is 49.3 Å². The second-order valence-electron chi connectivity index (χ2n) is 16.8. The molecule has 0 amide bonds. The molecule has 1 aromatic heterocycles. The van der Waals surface area contributed by atoms with Gasteiger partial charge in [-0.3, -0.25) is 23.2 Å². The van der Waals surface area contributed by atoms with E-state index in [0.29, 0.717) is 38.5 Å². The van der Waals surface area contributed by atoms with E-state index in [1.807, 2.05) is 36.5 Å². The first-order valence-electron chi connectivity index (χ1n) is 24.7. The van der Waals surface area contributed by atoms with Gasteiger partial charge in [-0.15, -0.1) is 0 Å². The lowest BCUT2D eigenvalue weighted by molar-refractivity contribution is -0.161. The van der Waals surface area contributed by atoms with E-state index in [1.54, 1.807) is 12.2 Å². The number of phosphoric acid groups is 2. The maximum absolute atomic E-state index is 12.8. The largest absolute Gasteiger partial charge is 0.481 e. The molecule has 19 nitrogen and oxygen atoms in total. The predicted molar refractivity (Wildman–Crippen MR) is 271 cm³/mol. The molecule has 1 fully saturated rings. The fourth-order valence-electron chi connectivity index (χ4n) is 6.63. The zero-order chi connectivity index (χ0) is 52.2. The first-order valence-corrected chi connectivity index (χ1v) is 27.7. The number of aliphatic hydroxyl groups excluding tert-OH is 3. The van der Waals surface area contributed by atoms with Crippen LogP contribution in [0.25, 0.3) is 0 Å². The van der Waals surface area contributed by atoms with Crippen molar-refractivity contribution in [3.8, 4) is 0 Å². The van der Waals surface area contributed by atoms with Gasteiger partial charge < -0.3 is 45.1 Å². The van der Waals surface area contributed by atoms with Crippen molar-refractivity contribution in [1.29, 1.82) is 0 Å². The Morgan fingerprint density at radius 2 is 1.31 bits per heavy atom. The third-order valence-electron chi connectivity index (χ3n) is 10.5. The monoisotopic (exact) mass is 1040 g/mol. The highest BCUT2D eigenvalue weighted by molar-refractivity contribution is 7.61. The molecular weight excluding hydrogens is 961 g/mol. The van der Waals surface area contributed by atoms with Gasteiger partial charge in [-0.2, -0.15) is 9.29 Å². The molecule has 1 aliphatic rings. The summed E-state index contributed by atoms with van der Waals surface area (Å²) in [5.41, 5.74) is 4.57. The van der Waals surface area contributed by atoms with Crippen molar-refractivity contribution in [1.82, 2.24) is 9.55 Å². The zero-order valence-electron chi connectivity index (χ0n) is 41.4. The Bertz CT molecular complexity index is 2040. The number of hydrogen-bond acceptors (Lipinski definition) is 16. The summed E-state index contributed by atoms with van der Waals surface area (Å²) >= 11 is 0. The van der Waals surface area contributed by atoms with Gasteiger partial charge in [0.05, 0.1) is 19.3 Å². The lowest BCUT2D eigenvalue weighted by atomic mass is 10.1. The van der Waals surface area contributed by atoms with Crippen molar-refractivity contribution in [2.45, 2.75) is 173 Å². The first kappa shape index (κ1) is 63.0. The van der Waals surface area contributed by atoms with Crippen LogP contribution in [0.15, 0.2) is 102 Å². The summed E-state index contributed by atoms with van der Waals surface area (Å²) in [6.07, 6.45) is 35.6. The Morgan fingerprint density at radius 3 is 1.94 bits per heavy atom. The summed E-state index contributed by atoms with van der Waals surface area (Å²) in [6, 6.07) is 1.24. The van der Waals surface area contributed by atoms with Crippen molar-refractivity contribution in [2.24, 2.45) is 0 Å². The third kappa shape index (κ3) is 30.5. The number of esters is 2. The molecule has 71 heavy (non-hydrogen) atoms. The Balaban J connectivity index is 1.88. The van der Waals surface area contributed by atoms with Gasteiger partial charge in [0.25, 0.3) is 0 Å². The normalized spacial score (nSPS) is 20.3. The minimum atomic E-state index is -5.46. The van der Waals surface area contributed by atoms with Crippen LogP contribution >= 0.6 is 15.6 Å². The number of nitrogen functional groups attached to an aromatic ring is 1. The van der Waals surface area contributed by atoms with Gasteiger partial charge >= 0.3 is 33.3 Å². The second-order valence-corrected chi connectivity index (χ2v) is 19.8.